The Morgan fingerprint density at radius 2 is 0.590 bits per heavy atom. The summed E-state index contributed by atoms with van der Waals surface area (Å²) in [5, 5.41) is 10.6. The molecule has 3 N–H and O–H groups in total. The van der Waals surface area contributed by atoms with E-state index in [0.29, 0.717) is 25.7 Å². The number of carbonyl (C=O) groups is 4. The smallest absolute Gasteiger partial charge is 0.462 e. The van der Waals surface area contributed by atoms with Crippen LogP contribution in [0.2, 0.25) is 0 Å². The number of hydrogen-bond acceptors (Lipinski definition) is 15. The van der Waals surface area contributed by atoms with Gasteiger partial charge in [0, 0.05) is 25.7 Å². The van der Waals surface area contributed by atoms with E-state index >= 15 is 0 Å². The first kappa shape index (κ1) is 97.0. The Balaban J connectivity index is 5.33. The molecule has 0 amide bonds. The Bertz CT molecular complexity index is 2120. The molecular formula is C81H150O17P2. The van der Waals surface area contributed by atoms with E-state index in [9.17, 15) is 43.2 Å². The lowest BCUT2D eigenvalue weighted by Gasteiger charge is -2.21. The van der Waals surface area contributed by atoms with E-state index < -0.39 is 97.5 Å². The molecule has 100 heavy (non-hydrogen) atoms. The van der Waals surface area contributed by atoms with Crippen molar-refractivity contribution in [1.29, 1.82) is 0 Å². The number of phosphoric acid groups is 2. The highest BCUT2D eigenvalue weighted by molar-refractivity contribution is 7.47. The third kappa shape index (κ3) is 72.0. The van der Waals surface area contributed by atoms with Gasteiger partial charge in [-0.3, -0.25) is 37.3 Å². The van der Waals surface area contributed by atoms with Crippen LogP contribution in [-0.4, -0.2) is 96.7 Å². The average Bonchev–Trinajstić information content (AvgIpc) is 0.930. The molecule has 0 saturated carbocycles. The lowest BCUT2D eigenvalue weighted by molar-refractivity contribution is -0.161. The molecule has 0 heterocycles. The fourth-order valence-electron chi connectivity index (χ4n) is 11.4. The minimum absolute atomic E-state index is 0.0823. The number of phosphoric ester groups is 2. The fourth-order valence-corrected chi connectivity index (χ4v) is 13.0. The first-order valence-corrected chi connectivity index (χ1v) is 43.7. The molecule has 0 bridgehead atoms. The van der Waals surface area contributed by atoms with Gasteiger partial charge >= 0.3 is 39.5 Å². The van der Waals surface area contributed by atoms with E-state index in [1.54, 1.807) is 0 Å². The first-order chi connectivity index (χ1) is 48.4. The van der Waals surface area contributed by atoms with Crippen LogP contribution in [0.4, 0.5) is 0 Å². The molecule has 3 unspecified atom stereocenters. The van der Waals surface area contributed by atoms with Gasteiger partial charge in [-0.25, -0.2) is 9.13 Å². The van der Waals surface area contributed by atoms with Crippen LogP contribution < -0.4 is 0 Å². The number of rotatable bonds is 76. The Morgan fingerprint density at radius 1 is 0.330 bits per heavy atom. The zero-order valence-corrected chi connectivity index (χ0v) is 66.3. The number of esters is 4. The van der Waals surface area contributed by atoms with Gasteiger partial charge in [0.15, 0.2) is 12.2 Å². The average molecular weight is 1460 g/mol. The second-order valence-corrected chi connectivity index (χ2v) is 31.4. The lowest BCUT2D eigenvalue weighted by Crippen LogP contribution is -2.30. The molecule has 0 spiro atoms. The van der Waals surface area contributed by atoms with Crippen molar-refractivity contribution in [2.75, 3.05) is 39.6 Å². The van der Waals surface area contributed by atoms with Crippen LogP contribution in [0.15, 0.2) is 48.6 Å². The van der Waals surface area contributed by atoms with Gasteiger partial charge in [0.25, 0.3) is 0 Å². The zero-order chi connectivity index (χ0) is 73.5. The van der Waals surface area contributed by atoms with Gasteiger partial charge in [-0.15, -0.1) is 0 Å². The van der Waals surface area contributed by atoms with Gasteiger partial charge in [0.05, 0.1) is 26.4 Å². The first-order valence-electron chi connectivity index (χ1n) is 40.7. The van der Waals surface area contributed by atoms with Crippen molar-refractivity contribution in [1.82, 2.24) is 0 Å². The Kier molecular flexibility index (Phi) is 69.5. The molecule has 0 aromatic carbocycles. The van der Waals surface area contributed by atoms with Crippen LogP contribution in [-0.2, 0) is 65.4 Å². The molecule has 0 aliphatic heterocycles. The van der Waals surface area contributed by atoms with Crippen LogP contribution in [0.25, 0.3) is 0 Å². The predicted octanol–water partition coefficient (Wildman–Crippen LogP) is 23.4. The van der Waals surface area contributed by atoms with Gasteiger partial charge in [-0.2, -0.15) is 0 Å². The van der Waals surface area contributed by atoms with Gasteiger partial charge in [-0.1, -0.05) is 321 Å². The molecule has 0 aromatic rings. The topological polar surface area (TPSA) is 237 Å². The molecule has 0 radical (unpaired) electrons. The zero-order valence-electron chi connectivity index (χ0n) is 64.5. The van der Waals surface area contributed by atoms with E-state index in [1.165, 1.54) is 161 Å². The van der Waals surface area contributed by atoms with Crippen molar-refractivity contribution >= 4 is 39.5 Å². The molecule has 19 heteroatoms. The Labute approximate surface area is 610 Å². The quantitative estimate of drug-likeness (QED) is 0.0169. The number of ether oxygens (including phenoxy) is 4. The minimum atomic E-state index is -4.97. The lowest BCUT2D eigenvalue weighted by atomic mass is 9.99. The number of aliphatic hydroxyl groups is 1. The summed E-state index contributed by atoms with van der Waals surface area (Å²) in [5.41, 5.74) is 0. The summed E-state index contributed by atoms with van der Waals surface area (Å²) in [6.45, 7) is 9.53. The summed E-state index contributed by atoms with van der Waals surface area (Å²) in [6.07, 6.45) is 66.7. The van der Waals surface area contributed by atoms with E-state index in [2.05, 4.69) is 90.2 Å². The van der Waals surface area contributed by atoms with Crippen LogP contribution in [0.1, 0.15) is 375 Å². The maximum absolute atomic E-state index is 13.1. The summed E-state index contributed by atoms with van der Waals surface area (Å²) < 4.78 is 68.6. The summed E-state index contributed by atoms with van der Waals surface area (Å²) >= 11 is 0. The second kappa shape index (κ2) is 71.6. The standard InChI is InChI=1S/C81H150O17P2/c1-7-10-12-14-16-18-20-22-24-29-33-39-45-51-57-63-78(83)91-69-76(97-81(86)66-60-54-48-41-35-31-27-26-28-32-38-44-50-56-62-74(6)9-3)71-95-99(87,88)93-67-75(82)68-94-100(89,90)96-72-77(70-92-79(84)64-58-52-46-42-36-37-43-49-55-61-73(4)5)98-80(85)65-59-53-47-40-34-30-25-23-21-19-17-15-13-11-8-2/h18-25,73-77,82H,7-17,26-72H2,1-6H3,(H,87,88)(H,89,90)/b20-18-,21-19-,24-22-,25-23-/t74?,75-,76-,77-/m1/s1. The molecule has 586 valence electrons. The maximum atomic E-state index is 13.1. The summed E-state index contributed by atoms with van der Waals surface area (Å²) in [4.78, 5) is 73.0. The number of carbonyl (C=O) groups excluding carboxylic acids is 4. The Hall–Kier alpha value is -2.98. The molecule has 17 nitrogen and oxygen atoms in total. The number of allylic oxidation sites excluding steroid dienone is 8. The van der Waals surface area contributed by atoms with E-state index in [-0.39, 0.29) is 25.7 Å². The highest BCUT2D eigenvalue weighted by Gasteiger charge is 2.30. The van der Waals surface area contributed by atoms with Crippen molar-refractivity contribution in [3.63, 3.8) is 0 Å². The molecule has 6 atom stereocenters. The van der Waals surface area contributed by atoms with Crippen LogP contribution in [0.5, 0.6) is 0 Å². The highest BCUT2D eigenvalue weighted by Crippen LogP contribution is 2.45. The largest absolute Gasteiger partial charge is 0.472 e. The van der Waals surface area contributed by atoms with Crippen molar-refractivity contribution in [3.05, 3.63) is 48.6 Å². The third-order valence-electron chi connectivity index (χ3n) is 18.1. The predicted molar refractivity (Wildman–Crippen MR) is 409 cm³/mol. The minimum Gasteiger partial charge on any atom is -0.462 e. The Morgan fingerprint density at radius 3 is 0.890 bits per heavy atom. The number of hydrogen-bond donors (Lipinski definition) is 3. The molecule has 0 aliphatic rings. The van der Waals surface area contributed by atoms with Crippen molar-refractivity contribution in [3.8, 4) is 0 Å². The van der Waals surface area contributed by atoms with Crippen molar-refractivity contribution in [2.45, 2.75) is 394 Å². The van der Waals surface area contributed by atoms with Crippen molar-refractivity contribution in [2.24, 2.45) is 11.8 Å². The highest BCUT2D eigenvalue weighted by atomic mass is 31.2. The molecule has 0 rings (SSSR count). The van der Waals surface area contributed by atoms with E-state index in [0.717, 1.165) is 134 Å². The summed E-state index contributed by atoms with van der Waals surface area (Å²) in [6, 6.07) is 0. The van der Waals surface area contributed by atoms with Gasteiger partial charge in [-0.05, 0) is 88.9 Å². The van der Waals surface area contributed by atoms with Crippen molar-refractivity contribution < 1.29 is 80.2 Å². The number of unbranched alkanes of at least 4 members (excludes halogenated alkanes) is 39. The normalized spacial score (nSPS) is 14.5. The number of aliphatic hydroxyl groups excluding tert-OH is 1. The molecule has 0 aromatic heterocycles. The maximum Gasteiger partial charge on any atom is 0.472 e. The SMILES string of the molecule is CCCCCC/C=C\C=C/CCCCCCCC(=O)OC[C@H](COP(=O)(O)OC[C@@H](O)COP(=O)(O)OC[C@@H](COC(=O)CCCCCCCCCCCC(C)C)OC(=O)CCCCCCC/C=C\C=C/CCCCCC)OC(=O)CCCCCCCCCCCCCCCCC(C)CC. The third-order valence-corrected chi connectivity index (χ3v) is 20.0. The second-order valence-electron chi connectivity index (χ2n) is 28.5. The van der Waals surface area contributed by atoms with Crippen LogP contribution in [0, 0.1) is 11.8 Å². The molecule has 0 saturated heterocycles. The molecular weight excluding hydrogens is 1310 g/mol. The van der Waals surface area contributed by atoms with E-state index in [1.807, 2.05) is 0 Å². The van der Waals surface area contributed by atoms with Gasteiger partial charge in [0.1, 0.15) is 19.3 Å². The van der Waals surface area contributed by atoms with Gasteiger partial charge in [0.2, 0.25) is 0 Å². The monoisotopic (exact) mass is 1460 g/mol. The fraction of sp³-hybridized carbons (Fsp3) is 0.852. The van der Waals surface area contributed by atoms with Crippen LogP contribution in [0.3, 0.4) is 0 Å². The van der Waals surface area contributed by atoms with Gasteiger partial charge < -0.3 is 33.8 Å². The summed E-state index contributed by atoms with van der Waals surface area (Å²) in [7, 11) is -9.95. The van der Waals surface area contributed by atoms with Crippen LogP contribution >= 0.6 is 15.6 Å². The summed E-state index contributed by atoms with van der Waals surface area (Å²) in [5.74, 6) is -0.588. The van der Waals surface area contributed by atoms with E-state index in [4.69, 9.17) is 37.0 Å². The molecule has 0 fully saturated rings. The molecule has 0 aliphatic carbocycles.